The van der Waals surface area contributed by atoms with Crippen molar-refractivity contribution >= 4 is 47.3 Å². The highest BCUT2D eigenvalue weighted by Crippen LogP contribution is 2.31. The fraction of sp³-hybridized carbons (Fsp3) is 0.462. The van der Waals surface area contributed by atoms with Gasteiger partial charge in [-0.25, -0.2) is 19.4 Å². The van der Waals surface area contributed by atoms with Gasteiger partial charge in [0.05, 0.1) is 5.71 Å². The monoisotopic (exact) mass is 574 g/mol. The number of amides is 4. The van der Waals surface area contributed by atoms with E-state index in [0.717, 1.165) is 61.8 Å². The number of benzene rings is 1. The Balaban J connectivity index is 0.000000482. The largest absolute Gasteiger partial charge is 0.478 e. The van der Waals surface area contributed by atoms with E-state index in [-0.39, 0.29) is 18.5 Å². The zero-order valence-electron chi connectivity index (χ0n) is 22.3. The van der Waals surface area contributed by atoms with Gasteiger partial charge in [-0.3, -0.25) is 14.5 Å². The summed E-state index contributed by atoms with van der Waals surface area (Å²) in [5.74, 6) is -2.40. The molecule has 40 heavy (non-hydrogen) atoms. The number of primary amides is 1. The fourth-order valence-corrected chi connectivity index (χ4v) is 5.33. The van der Waals surface area contributed by atoms with Crippen molar-refractivity contribution in [1.29, 1.82) is 0 Å². The molecule has 216 valence electrons. The van der Waals surface area contributed by atoms with E-state index in [1.54, 1.807) is 23.9 Å². The van der Waals surface area contributed by atoms with E-state index in [4.69, 9.17) is 15.9 Å². The molecule has 0 aliphatic carbocycles. The van der Waals surface area contributed by atoms with E-state index in [1.165, 1.54) is 9.91 Å². The first-order valence-corrected chi connectivity index (χ1v) is 13.8. The van der Waals surface area contributed by atoms with Crippen LogP contribution in [0.1, 0.15) is 35.2 Å². The second-order valence-corrected chi connectivity index (χ2v) is 10.6. The van der Waals surface area contributed by atoms with Gasteiger partial charge in [0.15, 0.2) is 0 Å². The van der Waals surface area contributed by atoms with Crippen LogP contribution in [0.25, 0.3) is 0 Å². The Kier molecular flexibility index (Phi) is 11.2. The predicted molar refractivity (Wildman–Crippen MR) is 148 cm³/mol. The number of nitrogens with zero attached hydrogens (tertiary/aromatic N) is 5. The lowest BCUT2D eigenvalue weighted by Gasteiger charge is -2.32. The summed E-state index contributed by atoms with van der Waals surface area (Å²) in [6.45, 7) is 5.68. The van der Waals surface area contributed by atoms with E-state index >= 15 is 0 Å². The average Bonchev–Trinajstić information content (AvgIpc) is 3.18. The van der Waals surface area contributed by atoms with Crippen LogP contribution >= 0.6 is 11.8 Å². The molecule has 0 saturated carbocycles. The van der Waals surface area contributed by atoms with Crippen LogP contribution in [0, 0.1) is 0 Å². The number of thioether (sulfide) groups is 1. The number of carboxylic acid groups (broad SMARTS) is 2. The second-order valence-electron chi connectivity index (χ2n) is 9.47. The minimum Gasteiger partial charge on any atom is -0.478 e. The molecule has 4 rings (SSSR count). The smallest absolute Gasteiger partial charge is 0.347 e. The molecule has 13 nitrogen and oxygen atoms in total. The number of carbonyl (C=O) groups is 5. The molecule has 2 saturated heterocycles. The van der Waals surface area contributed by atoms with E-state index in [0.29, 0.717) is 36.4 Å². The van der Waals surface area contributed by atoms with Gasteiger partial charge < -0.3 is 25.7 Å². The van der Waals surface area contributed by atoms with Gasteiger partial charge >= 0.3 is 18.0 Å². The van der Waals surface area contributed by atoms with Crippen molar-refractivity contribution in [2.24, 2.45) is 10.8 Å². The fourth-order valence-electron chi connectivity index (χ4n) is 4.32. The standard InChI is InChI=1S/C22H30N6O3S.C4H4O4/c1-25-9-11-26(12-10-25)7-2-3-8-27-20(29)15-28(22(27)31)24-18-6-13-32-19-5-4-16(21(23)30)14-17(18)19;5-3(6)1-2-4(7)8/h4-5,14H,2-3,6-13,15H2,1H3,(H2,23,30);1-2H,(H,5,6)(H,7,8)/b24-18+;2-1+. The van der Waals surface area contributed by atoms with E-state index in [9.17, 15) is 24.0 Å². The number of hydrogen-bond acceptors (Lipinski definition) is 9. The molecular weight excluding hydrogens is 540 g/mol. The van der Waals surface area contributed by atoms with Crippen LogP contribution in [0.5, 0.6) is 0 Å². The summed E-state index contributed by atoms with van der Waals surface area (Å²) < 4.78 is 0. The molecule has 0 atom stereocenters. The van der Waals surface area contributed by atoms with E-state index < -0.39 is 17.8 Å². The number of carboxylic acids is 2. The maximum Gasteiger partial charge on any atom is 0.347 e. The van der Waals surface area contributed by atoms with Crippen LogP contribution in [0.15, 0.2) is 40.3 Å². The first-order chi connectivity index (χ1) is 19.0. The topological polar surface area (TPSA) is 177 Å². The van der Waals surface area contributed by atoms with Crippen molar-refractivity contribution in [1.82, 2.24) is 19.7 Å². The molecule has 3 heterocycles. The maximum absolute atomic E-state index is 12.8. The molecule has 3 aliphatic heterocycles. The Hall–Kier alpha value is -3.75. The van der Waals surface area contributed by atoms with Crippen LogP contribution < -0.4 is 5.73 Å². The van der Waals surface area contributed by atoms with Crippen LogP contribution in [-0.4, -0.2) is 124 Å². The zero-order valence-corrected chi connectivity index (χ0v) is 23.1. The molecule has 0 spiro atoms. The Bertz CT molecular complexity index is 1180. The summed E-state index contributed by atoms with van der Waals surface area (Å²) in [7, 11) is 2.14. The van der Waals surface area contributed by atoms with Gasteiger partial charge in [0.1, 0.15) is 6.54 Å². The van der Waals surface area contributed by atoms with Gasteiger partial charge in [0, 0.05) is 73.1 Å². The molecule has 4 amide bonds. The Morgan fingerprint density at radius 3 is 2.30 bits per heavy atom. The number of aliphatic carboxylic acids is 2. The van der Waals surface area contributed by atoms with Gasteiger partial charge in [0.2, 0.25) is 5.91 Å². The number of nitrogens with two attached hydrogens (primary N) is 1. The number of fused-ring (bicyclic) bond motifs is 1. The number of carbonyl (C=O) groups excluding carboxylic acids is 3. The molecule has 0 aromatic heterocycles. The summed E-state index contributed by atoms with van der Waals surface area (Å²) in [6, 6.07) is 4.92. The maximum atomic E-state index is 12.8. The van der Waals surface area contributed by atoms with Gasteiger partial charge in [0.25, 0.3) is 5.91 Å². The van der Waals surface area contributed by atoms with Crippen molar-refractivity contribution < 1.29 is 34.2 Å². The number of rotatable bonds is 9. The number of unbranched alkanes of at least 4 members (excludes halogenated alkanes) is 1. The second kappa shape index (κ2) is 14.6. The Labute approximate surface area is 236 Å². The number of hydrogen-bond donors (Lipinski definition) is 3. The van der Waals surface area contributed by atoms with Gasteiger partial charge in [-0.2, -0.15) is 5.10 Å². The third-order valence-corrected chi connectivity index (χ3v) is 7.60. The molecule has 3 aliphatic rings. The molecule has 1 aromatic carbocycles. The third kappa shape index (κ3) is 8.89. The minimum absolute atomic E-state index is 0.0429. The highest BCUT2D eigenvalue weighted by molar-refractivity contribution is 7.99. The highest BCUT2D eigenvalue weighted by atomic mass is 32.2. The van der Waals surface area contributed by atoms with Gasteiger partial charge in [-0.15, -0.1) is 11.8 Å². The third-order valence-electron chi connectivity index (χ3n) is 6.52. The van der Waals surface area contributed by atoms with Crippen LogP contribution in [0.2, 0.25) is 0 Å². The van der Waals surface area contributed by atoms with Crippen molar-refractivity contribution in [3.05, 3.63) is 41.5 Å². The quantitative estimate of drug-likeness (QED) is 0.219. The number of piperazine rings is 1. The first kappa shape index (κ1) is 30.8. The van der Waals surface area contributed by atoms with Crippen molar-refractivity contribution in [3.63, 3.8) is 0 Å². The SMILES string of the molecule is CN1CCN(CCCCN2C(=O)CN(/N=C3\CCSc4ccc(C(N)=O)cc43)C2=O)CC1.O=C(O)/C=C/C(=O)O. The Morgan fingerprint density at radius 2 is 1.68 bits per heavy atom. The van der Waals surface area contributed by atoms with Crippen molar-refractivity contribution in [2.75, 3.05) is 58.6 Å². The lowest BCUT2D eigenvalue weighted by atomic mass is 10.0. The first-order valence-electron chi connectivity index (χ1n) is 12.9. The normalized spacial score (nSPS) is 19.1. The highest BCUT2D eigenvalue weighted by Gasteiger charge is 2.36. The predicted octanol–water partition coefficient (Wildman–Crippen LogP) is 0.989. The average molecular weight is 575 g/mol. The molecule has 14 heteroatoms. The van der Waals surface area contributed by atoms with Crippen molar-refractivity contribution in [2.45, 2.75) is 24.2 Å². The molecule has 0 unspecified atom stereocenters. The molecular formula is C26H34N6O7S. The zero-order chi connectivity index (χ0) is 29.2. The molecule has 4 N–H and O–H groups in total. The van der Waals surface area contributed by atoms with Gasteiger partial charge in [-0.05, 0) is 44.6 Å². The van der Waals surface area contributed by atoms with Gasteiger partial charge in [-0.1, -0.05) is 0 Å². The molecule has 1 aromatic rings. The van der Waals surface area contributed by atoms with E-state index in [2.05, 4.69) is 21.9 Å². The lowest BCUT2D eigenvalue weighted by molar-refractivity contribution is -0.134. The summed E-state index contributed by atoms with van der Waals surface area (Å²) in [5, 5.41) is 21.4. The number of imide groups is 1. The number of hydrazone groups is 1. The van der Waals surface area contributed by atoms with Crippen LogP contribution in [-0.2, 0) is 14.4 Å². The number of urea groups is 1. The van der Waals surface area contributed by atoms with E-state index in [1.807, 2.05) is 6.07 Å². The Morgan fingerprint density at radius 1 is 1.02 bits per heavy atom. The van der Waals surface area contributed by atoms with Crippen LogP contribution in [0.3, 0.4) is 0 Å². The molecule has 2 fully saturated rings. The van der Waals surface area contributed by atoms with Crippen molar-refractivity contribution in [3.8, 4) is 0 Å². The number of likely N-dealkylation sites (N-methyl/N-ethyl adjacent to an activating group) is 1. The summed E-state index contributed by atoms with van der Waals surface area (Å²) >= 11 is 1.68. The minimum atomic E-state index is -1.26. The molecule has 0 radical (unpaired) electrons. The summed E-state index contributed by atoms with van der Waals surface area (Å²) in [4.78, 5) is 63.1. The molecule has 0 bridgehead atoms. The lowest BCUT2D eigenvalue weighted by Crippen LogP contribution is -2.44. The summed E-state index contributed by atoms with van der Waals surface area (Å²) in [6.07, 6.45) is 3.51. The van der Waals surface area contributed by atoms with Crippen LogP contribution in [0.4, 0.5) is 4.79 Å². The summed E-state index contributed by atoms with van der Waals surface area (Å²) in [5.41, 5.74) is 7.34.